The number of benzene rings is 1. The zero-order valence-corrected chi connectivity index (χ0v) is 13.5. The van der Waals surface area contributed by atoms with Crippen molar-refractivity contribution in [2.75, 3.05) is 20.2 Å². The Labute approximate surface area is 132 Å². The number of nitrogens with zero attached hydrogens (tertiary/aromatic N) is 1. The van der Waals surface area contributed by atoms with Gasteiger partial charge in [-0.2, -0.15) is 0 Å². The Kier molecular flexibility index (Phi) is 4.39. The second kappa shape index (κ2) is 6.29. The van der Waals surface area contributed by atoms with Crippen LogP contribution in [0, 0.1) is 0 Å². The van der Waals surface area contributed by atoms with Gasteiger partial charge in [0.2, 0.25) is 0 Å². The first kappa shape index (κ1) is 15.3. The predicted molar refractivity (Wildman–Crippen MR) is 87.0 cm³/mol. The average molecular weight is 302 g/mol. The number of carbonyl (C=O) groups is 1. The van der Waals surface area contributed by atoms with Crippen molar-refractivity contribution in [2.24, 2.45) is 0 Å². The average Bonchev–Trinajstić information content (AvgIpc) is 3.10. The van der Waals surface area contributed by atoms with Crippen molar-refractivity contribution < 1.29 is 9.53 Å². The maximum atomic E-state index is 12.4. The Morgan fingerprint density at radius 2 is 2.14 bits per heavy atom. The summed E-state index contributed by atoms with van der Waals surface area (Å²) >= 11 is 0. The van der Waals surface area contributed by atoms with Crippen molar-refractivity contribution in [2.45, 2.75) is 50.2 Å². The highest BCUT2D eigenvalue weighted by Gasteiger charge is 2.45. The summed E-state index contributed by atoms with van der Waals surface area (Å²) in [6.07, 6.45) is 4.63. The first-order chi connectivity index (χ1) is 10.6. The molecule has 1 aliphatic heterocycles. The van der Waals surface area contributed by atoms with E-state index in [-0.39, 0.29) is 23.6 Å². The van der Waals surface area contributed by atoms with Gasteiger partial charge in [0.05, 0.1) is 12.1 Å². The molecule has 0 unspecified atom stereocenters. The fourth-order valence-electron chi connectivity index (χ4n) is 3.40. The minimum atomic E-state index is 0.00482. The Balaban J connectivity index is 1.55. The largest absolute Gasteiger partial charge is 0.376 e. The van der Waals surface area contributed by atoms with Crippen LogP contribution in [0.5, 0.6) is 0 Å². The first-order valence-electron chi connectivity index (χ1n) is 8.29. The van der Waals surface area contributed by atoms with Gasteiger partial charge in [-0.3, -0.25) is 0 Å². The van der Waals surface area contributed by atoms with Crippen LogP contribution in [0.2, 0.25) is 0 Å². The van der Waals surface area contributed by atoms with Crippen molar-refractivity contribution in [1.82, 2.24) is 10.2 Å². The summed E-state index contributed by atoms with van der Waals surface area (Å²) in [4.78, 5) is 14.2. The number of urea groups is 1. The van der Waals surface area contributed by atoms with E-state index in [2.05, 4.69) is 29.6 Å². The number of carbonyl (C=O) groups excluding carboxylic acids is 1. The Morgan fingerprint density at radius 1 is 1.41 bits per heavy atom. The van der Waals surface area contributed by atoms with Crippen LogP contribution < -0.4 is 5.32 Å². The molecular weight excluding hydrogens is 276 g/mol. The van der Waals surface area contributed by atoms with Crippen LogP contribution >= 0.6 is 0 Å². The number of hydrogen-bond acceptors (Lipinski definition) is 2. The molecule has 22 heavy (non-hydrogen) atoms. The lowest BCUT2D eigenvalue weighted by Gasteiger charge is -2.27. The SMILES string of the molecule is C[C@H](NC(=O)N(C)CC1(c2ccccc2)CC1)[C@H]1CCCO1. The zero-order valence-electron chi connectivity index (χ0n) is 13.5. The number of nitrogens with one attached hydrogen (secondary N) is 1. The second-order valence-corrected chi connectivity index (χ2v) is 6.79. The molecule has 1 aliphatic carbocycles. The van der Waals surface area contributed by atoms with Crippen molar-refractivity contribution in [1.29, 1.82) is 0 Å². The summed E-state index contributed by atoms with van der Waals surface area (Å²) in [5.41, 5.74) is 1.52. The number of rotatable bonds is 5. The van der Waals surface area contributed by atoms with Crippen molar-refractivity contribution in [3.05, 3.63) is 35.9 Å². The summed E-state index contributed by atoms with van der Waals surface area (Å²) in [6.45, 7) is 3.63. The maximum absolute atomic E-state index is 12.4. The lowest BCUT2D eigenvalue weighted by Crippen LogP contribution is -2.48. The van der Waals surface area contributed by atoms with Crippen molar-refractivity contribution in [3.63, 3.8) is 0 Å². The second-order valence-electron chi connectivity index (χ2n) is 6.79. The quantitative estimate of drug-likeness (QED) is 0.908. The molecule has 120 valence electrons. The number of ether oxygens (including phenoxy) is 1. The molecule has 1 saturated heterocycles. The molecule has 1 N–H and O–H groups in total. The van der Waals surface area contributed by atoms with Gasteiger partial charge in [-0.25, -0.2) is 4.79 Å². The summed E-state index contributed by atoms with van der Waals surface area (Å²) in [7, 11) is 1.89. The van der Waals surface area contributed by atoms with Crippen LogP contribution in [0.15, 0.2) is 30.3 Å². The summed E-state index contributed by atoms with van der Waals surface area (Å²) in [5, 5.41) is 3.09. The molecule has 4 heteroatoms. The van der Waals surface area contributed by atoms with Crippen molar-refractivity contribution in [3.8, 4) is 0 Å². The molecule has 0 aromatic heterocycles. The highest BCUT2D eigenvalue weighted by atomic mass is 16.5. The van der Waals surface area contributed by atoms with Gasteiger partial charge in [-0.15, -0.1) is 0 Å². The molecule has 1 aromatic rings. The fourth-order valence-corrected chi connectivity index (χ4v) is 3.40. The third-order valence-electron chi connectivity index (χ3n) is 5.00. The summed E-state index contributed by atoms with van der Waals surface area (Å²) in [5.74, 6) is 0. The van der Waals surface area contributed by atoms with E-state index in [1.807, 2.05) is 24.9 Å². The van der Waals surface area contributed by atoms with E-state index in [1.54, 1.807) is 0 Å². The van der Waals surface area contributed by atoms with Crippen LogP contribution in [0.3, 0.4) is 0 Å². The lowest BCUT2D eigenvalue weighted by atomic mass is 9.95. The number of hydrogen-bond donors (Lipinski definition) is 1. The minimum Gasteiger partial charge on any atom is -0.376 e. The molecule has 0 radical (unpaired) electrons. The molecule has 0 spiro atoms. The number of likely N-dealkylation sites (N-methyl/N-ethyl adjacent to an activating group) is 1. The van der Waals surface area contributed by atoms with E-state index in [4.69, 9.17) is 4.74 Å². The molecule has 1 heterocycles. The molecule has 1 saturated carbocycles. The molecule has 4 nitrogen and oxygen atoms in total. The predicted octanol–water partition coefficient (Wildman–Crippen LogP) is 2.93. The van der Waals surface area contributed by atoms with Crippen molar-refractivity contribution >= 4 is 6.03 Å². The Bertz CT molecular complexity index is 507. The van der Waals surface area contributed by atoms with Gasteiger partial charge in [0.1, 0.15) is 0 Å². The van der Waals surface area contributed by atoms with Gasteiger partial charge in [0, 0.05) is 25.6 Å². The van der Waals surface area contributed by atoms with Gasteiger partial charge in [-0.05, 0) is 38.2 Å². The van der Waals surface area contributed by atoms with Crippen LogP contribution in [0.25, 0.3) is 0 Å². The van der Waals surface area contributed by atoms with Gasteiger partial charge >= 0.3 is 6.03 Å². The lowest BCUT2D eigenvalue weighted by molar-refractivity contribution is 0.0837. The molecule has 1 aromatic carbocycles. The molecule has 2 amide bonds. The molecular formula is C18H26N2O2. The minimum absolute atomic E-state index is 0.00482. The van der Waals surface area contributed by atoms with E-state index >= 15 is 0 Å². The highest BCUT2D eigenvalue weighted by molar-refractivity contribution is 5.74. The fraction of sp³-hybridized carbons (Fsp3) is 0.611. The van der Waals surface area contributed by atoms with Gasteiger partial charge in [-0.1, -0.05) is 30.3 Å². The van der Waals surface area contributed by atoms with E-state index in [0.29, 0.717) is 0 Å². The van der Waals surface area contributed by atoms with E-state index in [1.165, 1.54) is 5.56 Å². The van der Waals surface area contributed by atoms with E-state index in [9.17, 15) is 4.79 Å². The molecule has 2 atom stereocenters. The third kappa shape index (κ3) is 3.27. The third-order valence-corrected chi connectivity index (χ3v) is 5.00. The first-order valence-corrected chi connectivity index (χ1v) is 8.29. The Hall–Kier alpha value is -1.55. The topological polar surface area (TPSA) is 41.6 Å². The van der Waals surface area contributed by atoms with Gasteiger partial charge in [0.25, 0.3) is 0 Å². The van der Waals surface area contributed by atoms with Crippen LogP contribution in [-0.2, 0) is 10.2 Å². The maximum Gasteiger partial charge on any atom is 0.317 e. The van der Waals surface area contributed by atoms with Gasteiger partial charge < -0.3 is 15.0 Å². The molecule has 0 bridgehead atoms. The summed E-state index contributed by atoms with van der Waals surface area (Å²) in [6, 6.07) is 10.6. The van der Waals surface area contributed by atoms with E-state index < -0.39 is 0 Å². The van der Waals surface area contributed by atoms with Crippen LogP contribution in [0.1, 0.15) is 38.2 Å². The monoisotopic (exact) mass is 302 g/mol. The normalized spacial score (nSPS) is 23.8. The zero-order chi connectivity index (χ0) is 15.6. The smallest absolute Gasteiger partial charge is 0.317 e. The van der Waals surface area contributed by atoms with Crippen LogP contribution in [0.4, 0.5) is 4.79 Å². The van der Waals surface area contributed by atoms with Gasteiger partial charge in [0.15, 0.2) is 0 Å². The van der Waals surface area contributed by atoms with E-state index in [0.717, 1.165) is 38.8 Å². The number of amides is 2. The summed E-state index contributed by atoms with van der Waals surface area (Å²) < 4.78 is 5.64. The molecule has 3 rings (SSSR count). The Morgan fingerprint density at radius 3 is 2.73 bits per heavy atom. The standard InChI is InChI=1S/C18H26N2O2/c1-14(16-9-6-12-22-16)19-17(21)20(2)13-18(10-11-18)15-7-4-3-5-8-15/h3-5,7-8,14,16H,6,9-13H2,1-2H3,(H,19,21)/t14-,16+/m0/s1. The molecule has 2 fully saturated rings. The molecule has 2 aliphatic rings. The van der Waals surface area contributed by atoms with Crippen LogP contribution in [-0.4, -0.2) is 43.3 Å². The highest BCUT2D eigenvalue weighted by Crippen LogP contribution is 2.48.